The summed E-state index contributed by atoms with van der Waals surface area (Å²) < 4.78 is 0. The number of hydrogen-bond donors (Lipinski definition) is 0. The molecule has 0 fully saturated rings. The first kappa shape index (κ1) is 20.2. The van der Waals surface area contributed by atoms with E-state index in [1.807, 2.05) is 48.5 Å². The highest BCUT2D eigenvalue weighted by Crippen LogP contribution is 2.22. The fraction of sp³-hybridized carbons (Fsp3) is 0. The molecule has 0 nitrogen and oxygen atoms in total. The van der Waals surface area contributed by atoms with Crippen LogP contribution in [0.2, 0.25) is 10.0 Å². The van der Waals surface area contributed by atoms with Gasteiger partial charge in [0.2, 0.25) is 0 Å². The molecule has 0 aromatic heterocycles. The molecule has 0 aliphatic heterocycles. The van der Waals surface area contributed by atoms with Crippen LogP contribution in [0, 0.1) is 0 Å². The first-order chi connectivity index (χ1) is 14.7. The van der Waals surface area contributed by atoms with Gasteiger partial charge < -0.3 is 0 Å². The highest BCUT2D eigenvalue weighted by Gasteiger charge is 1.98. The van der Waals surface area contributed by atoms with E-state index in [2.05, 4.69) is 72.8 Å². The van der Waals surface area contributed by atoms with E-state index in [1.54, 1.807) is 0 Å². The van der Waals surface area contributed by atoms with E-state index < -0.39 is 0 Å². The lowest BCUT2D eigenvalue weighted by molar-refractivity contribution is 1.58. The summed E-state index contributed by atoms with van der Waals surface area (Å²) in [6, 6.07) is 32.8. The molecule has 0 saturated carbocycles. The average molecular weight is 427 g/mol. The minimum absolute atomic E-state index is 0.753. The molecule has 30 heavy (non-hydrogen) atoms. The van der Waals surface area contributed by atoms with Crippen molar-refractivity contribution in [3.63, 3.8) is 0 Å². The smallest absolute Gasteiger partial charge is 0.0406 e. The Hall–Kier alpha value is -3.06. The van der Waals surface area contributed by atoms with Crippen molar-refractivity contribution in [1.82, 2.24) is 0 Å². The largest absolute Gasteiger partial charge is 0.0843 e. The van der Waals surface area contributed by atoms with E-state index in [9.17, 15) is 0 Å². The maximum atomic E-state index is 5.93. The Bertz CT molecular complexity index is 1050. The van der Waals surface area contributed by atoms with Gasteiger partial charge in [0, 0.05) is 10.0 Å². The van der Waals surface area contributed by atoms with E-state index >= 15 is 0 Å². The van der Waals surface area contributed by atoms with Crippen molar-refractivity contribution in [2.75, 3.05) is 0 Å². The molecule has 0 amide bonds. The lowest BCUT2D eigenvalue weighted by Gasteiger charge is -2.04. The molecule has 4 aromatic carbocycles. The predicted molar refractivity (Wildman–Crippen MR) is 133 cm³/mol. The van der Waals surface area contributed by atoms with Gasteiger partial charge >= 0.3 is 0 Å². The van der Waals surface area contributed by atoms with Crippen molar-refractivity contribution in [2.24, 2.45) is 0 Å². The van der Waals surface area contributed by atoms with E-state index in [0.29, 0.717) is 0 Å². The van der Waals surface area contributed by atoms with Crippen LogP contribution in [-0.4, -0.2) is 0 Å². The van der Waals surface area contributed by atoms with Crippen molar-refractivity contribution in [1.29, 1.82) is 0 Å². The molecule has 0 heterocycles. The molecule has 0 saturated heterocycles. The molecule has 0 unspecified atom stereocenters. The molecule has 0 aliphatic carbocycles. The molecule has 0 aliphatic rings. The molecule has 0 atom stereocenters. The highest BCUT2D eigenvalue weighted by molar-refractivity contribution is 6.30. The lowest BCUT2D eigenvalue weighted by atomic mass is 10.0. The van der Waals surface area contributed by atoms with Crippen molar-refractivity contribution >= 4 is 47.5 Å². The van der Waals surface area contributed by atoms with Gasteiger partial charge in [0.1, 0.15) is 0 Å². The number of benzene rings is 4. The molecule has 0 radical (unpaired) electrons. The Morgan fingerprint density at radius 2 is 0.567 bits per heavy atom. The van der Waals surface area contributed by atoms with Crippen molar-refractivity contribution < 1.29 is 0 Å². The molecule has 0 bridgehead atoms. The summed E-state index contributed by atoms with van der Waals surface area (Å²) in [6.45, 7) is 0. The van der Waals surface area contributed by atoms with Gasteiger partial charge in [0.15, 0.2) is 0 Å². The van der Waals surface area contributed by atoms with Gasteiger partial charge in [-0.15, -0.1) is 0 Å². The summed E-state index contributed by atoms with van der Waals surface area (Å²) in [7, 11) is 0. The number of halogens is 2. The normalized spacial score (nSPS) is 11.4. The van der Waals surface area contributed by atoms with Gasteiger partial charge in [0.05, 0.1) is 0 Å². The maximum absolute atomic E-state index is 5.93. The van der Waals surface area contributed by atoms with Gasteiger partial charge in [-0.25, -0.2) is 0 Å². The van der Waals surface area contributed by atoms with Crippen LogP contribution in [0.5, 0.6) is 0 Å². The van der Waals surface area contributed by atoms with Gasteiger partial charge in [-0.2, -0.15) is 0 Å². The number of hydrogen-bond acceptors (Lipinski definition) is 0. The second kappa shape index (κ2) is 9.63. The maximum Gasteiger partial charge on any atom is 0.0406 e. The summed E-state index contributed by atoms with van der Waals surface area (Å²) in [6.07, 6.45) is 8.40. The summed E-state index contributed by atoms with van der Waals surface area (Å²) in [5.74, 6) is 0. The first-order valence-corrected chi connectivity index (χ1v) is 10.5. The van der Waals surface area contributed by atoms with Gasteiger partial charge in [-0.3, -0.25) is 0 Å². The minimum Gasteiger partial charge on any atom is -0.0843 e. The standard InChI is InChI=1S/C28H20Cl2/c29-27-17-9-23(10-18-27)3-1-21-5-13-25(14-6-21)26-15-7-22(8-16-26)2-4-24-11-19-28(30)20-12-24/h1-20H/b3-1+,4-2+. The number of rotatable bonds is 5. The van der Waals surface area contributed by atoms with Crippen LogP contribution in [0.3, 0.4) is 0 Å². The summed E-state index contributed by atoms with van der Waals surface area (Å²) in [5, 5.41) is 1.51. The van der Waals surface area contributed by atoms with Gasteiger partial charge in [-0.1, -0.05) is 120 Å². The van der Waals surface area contributed by atoms with Gasteiger partial charge in [-0.05, 0) is 57.6 Å². The molecule has 0 spiro atoms. The van der Waals surface area contributed by atoms with E-state index in [4.69, 9.17) is 23.2 Å². The van der Waals surface area contributed by atoms with Gasteiger partial charge in [0.25, 0.3) is 0 Å². The van der Waals surface area contributed by atoms with Crippen LogP contribution in [0.1, 0.15) is 22.3 Å². The molecule has 4 rings (SSSR count). The third-order valence-corrected chi connectivity index (χ3v) is 5.34. The fourth-order valence-corrected chi connectivity index (χ4v) is 3.36. The quantitative estimate of drug-likeness (QED) is 0.279. The van der Waals surface area contributed by atoms with Crippen LogP contribution in [0.15, 0.2) is 97.1 Å². The highest BCUT2D eigenvalue weighted by atomic mass is 35.5. The van der Waals surface area contributed by atoms with E-state index in [0.717, 1.165) is 32.3 Å². The van der Waals surface area contributed by atoms with Crippen LogP contribution in [-0.2, 0) is 0 Å². The van der Waals surface area contributed by atoms with Crippen LogP contribution in [0.4, 0.5) is 0 Å². The molecule has 2 heteroatoms. The molecule has 4 aromatic rings. The van der Waals surface area contributed by atoms with Crippen molar-refractivity contribution in [3.05, 3.63) is 129 Å². The first-order valence-electron chi connectivity index (χ1n) is 9.73. The van der Waals surface area contributed by atoms with E-state index in [1.165, 1.54) is 11.1 Å². The minimum atomic E-state index is 0.753. The molecule has 0 N–H and O–H groups in total. The van der Waals surface area contributed by atoms with Crippen LogP contribution in [0.25, 0.3) is 35.4 Å². The third-order valence-electron chi connectivity index (χ3n) is 4.83. The predicted octanol–water partition coefficient (Wildman–Crippen LogP) is 9.00. The van der Waals surface area contributed by atoms with E-state index in [-0.39, 0.29) is 0 Å². The summed E-state index contributed by atoms with van der Waals surface area (Å²) >= 11 is 11.9. The SMILES string of the molecule is Clc1ccc(/C=C/c2ccc(-c3ccc(/C=C/c4ccc(Cl)cc4)cc3)cc2)cc1. The molecular weight excluding hydrogens is 407 g/mol. The fourth-order valence-electron chi connectivity index (χ4n) is 3.11. The topological polar surface area (TPSA) is 0 Å². The van der Waals surface area contributed by atoms with Crippen LogP contribution < -0.4 is 0 Å². The summed E-state index contributed by atoms with van der Waals surface area (Å²) in [5.41, 5.74) is 6.99. The third kappa shape index (κ3) is 5.51. The lowest BCUT2D eigenvalue weighted by Crippen LogP contribution is -1.80. The second-order valence-corrected chi connectivity index (χ2v) is 7.89. The van der Waals surface area contributed by atoms with Crippen molar-refractivity contribution in [2.45, 2.75) is 0 Å². The average Bonchev–Trinajstić information content (AvgIpc) is 2.79. The zero-order valence-corrected chi connectivity index (χ0v) is 17.8. The summed E-state index contributed by atoms with van der Waals surface area (Å²) in [4.78, 5) is 0. The molecule has 146 valence electrons. The Balaban J connectivity index is 1.42. The second-order valence-electron chi connectivity index (χ2n) is 7.01. The Morgan fingerprint density at radius 3 is 0.833 bits per heavy atom. The zero-order valence-electron chi connectivity index (χ0n) is 16.3. The Kier molecular flexibility index (Phi) is 6.49. The Labute approximate surface area is 187 Å². The zero-order chi connectivity index (χ0) is 20.8. The molecular formula is C28H20Cl2. The van der Waals surface area contributed by atoms with Crippen molar-refractivity contribution in [3.8, 4) is 11.1 Å². The monoisotopic (exact) mass is 426 g/mol. The Morgan fingerprint density at radius 1 is 0.333 bits per heavy atom. The van der Waals surface area contributed by atoms with Crippen LogP contribution >= 0.6 is 23.2 Å².